The molecule has 0 radical (unpaired) electrons. The van der Waals surface area contributed by atoms with E-state index in [0.29, 0.717) is 28.5 Å². The van der Waals surface area contributed by atoms with Gasteiger partial charge in [0.25, 0.3) is 0 Å². The Balaban J connectivity index is 1.77. The highest BCUT2D eigenvalue weighted by atomic mass is 35.5. The number of thiophene rings is 1. The van der Waals surface area contributed by atoms with Crippen LogP contribution in [-0.2, 0) is 16.6 Å². The Labute approximate surface area is 201 Å². The fraction of sp³-hybridized carbons (Fsp3) is 0.280. The van der Waals surface area contributed by atoms with E-state index in [2.05, 4.69) is 16.4 Å². The van der Waals surface area contributed by atoms with Crippen molar-refractivity contribution in [3.05, 3.63) is 79.9 Å². The van der Waals surface area contributed by atoms with E-state index < -0.39 is 17.4 Å². The summed E-state index contributed by atoms with van der Waals surface area (Å²) in [6, 6.07) is 9.44. The van der Waals surface area contributed by atoms with E-state index in [1.807, 2.05) is 50.4 Å². The zero-order chi connectivity index (χ0) is 23.8. The molecule has 168 valence electrons. The molecule has 1 atom stereocenters. The smallest absolute Gasteiger partial charge is 0.305 e. The number of nitrogens with zero attached hydrogens (tertiary/aromatic N) is 3. The molecule has 0 saturated heterocycles. The quantitative estimate of drug-likeness (QED) is 0.459. The van der Waals surface area contributed by atoms with E-state index in [1.54, 1.807) is 23.6 Å². The van der Waals surface area contributed by atoms with E-state index in [9.17, 15) is 15.2 Å². The number of halogens is 1. The SMILES string of the molecule is Cc1cc(C#N)c(C2=CCc3ncc(Cl)cc32)nc1NC(CC(=O)O)C(C)(C)c1cccs1. The lowest BCUT2D eigenvalue weighted by Gasteiger charge is -2.34. The van der Waals surface area contributed by atoms with Gasteiger partial charge in [-0.3, -0.25) is 9.78 Å². The summed E-state index contributed by atoms with van der Waals surface area (Å²) in [5.74, 6) is -0.332. The monoisotopic (exact) mass is 478 g/mol. The van der Waals surface area contributed by atoms with Crippen LogP contribution in [0.3, 0.4) is 0 Å². The van der Waals surface area contributed by atoms with Gasteiger partial charge in [-0.05, 0) is 36.1 Å². The van der Waals surface area contributed by atoms with Gasteiger partial charge in [0.1, 0.15) is 11.9 Å². The van der Waals surface area contributed by atoms with Crippen LogP contribution in [0, 0.1) is 18.3 Å². The van der Waals surface area contributed by atoms with Crippen LogP contribution >= 0.6 is 22.9 Å². The summed E-state index contributed by atoms with van der Waals surface area (Å²) >= 11 is 7.78. The third-order valence-electron chi connectivity index (χ3n) is 6.03. The molecule has 6 nitrogen and oxygen atoms in total. The summed E-state index contributed by atoms with van der Waals surface area (Å²) in [5.41, 5.74) is 3.87. The average molecular weight is 479 g/mol. The van der Waals surface area contributed by atoms with Crippen LogP contribution in [-0.4, -0.2) is 27.1 Å². The summed E-state index contributed by atoms with van der Waals surface area (Å²) in [4.78, 5) is 22.0. The molecule has 8 heteroatoms. The first kappa shape index (κ1) is 23.0. The molecule has 3 heterocycles. The third kappa shape index (κ3) is 4.50. The van der Waals surface area contributed by atoms with Crippen LogP contribution < -0.4 is 5.32 Å². The lowest BCUT2D eigenvalue weighted by molar-refractivity contribution is -0.137. The van der Waals surface area contributed by atoms with E-state index in [0.717, 1.165) is 27.3 Å². The Morgan fingerprint density at radius 2 is 2.21 bits per heavy atom. The molecule has 3 aromatic heterocycles. The molecular weight excluding hydrogens is 456 g/mol. The van der Waals surface area contributed by atoms with E-state index in [4.69, 9.17) is 16.6 Å². The molecule has 33 heavy (non-hydrogen) atoms. The lowest BCUT2D eigenvalue weighted by Crippen LogP contribution is -2.41. The Bertz CT molecular complexity index is 1290. The molecular formula is C25H23ClN4O2S. The molecule has 3 aromatic rings. The van der Waals surface area contributed by atoms with Crippen molar-refractivity contribution >= 4 is 40.3 Å². The summed E-state index contributed by atoms with van der Waals surface area (Å²) in [6.45, 7) is 5.93. The van der Waals surface area contributed by atoms with Crippen molar-refractivity contribution < 1.29 is 9.90 Å². The molecule has 0 amide bonds. The Morgan fingerprint density at radius 1 is 1.42 bits per heavy atom. The van der Waals surface area contributed by atoms with Crippen LogP contribution in [0.1, 0.15) is 53.2 Å². The van der Waals surface area contributed by atoms with Crippen molar-refractivity contribution in [2.75, 3.05) is 5.32 Å². The molecule has 0 spiro atoms. The number of nitrogens with one attached hydrogen (secondary N) is 1. The number of anilines is 1. The van der Waals surface area contributed by atoms with Gasteiger partial charge in [-0.15, -0.1) is 11.3 Å². The molecule has 0 fully saturated rings. The van der Waals surface area contributed by atoms with Gasteiger partial charge in [0.15, 0.2) is 0 Å². The predicted molar refractivity (Wildman–Crippen MR) is 131 cm³/mol. The fourth-order valence-corrected chi connectivity index (χ4v) is 5.15. The van der Waals surface area contributed by atoms with Crippen molar-refractivity contribution in [1.29, 1.82) is 5.26 Å². The second-order valence-electron chi connectivity index (χ2n) is 8.63. The van der Waals surface area contributed by atoms with Crippen LogP contribution in [0.4, 0.5) is 5.82 Å². The summed E-state index contributed by atoms with van der Waals surface area (Å²) in [7, 11) is 0. The van der Waals surface area contributed by atoms with Crippen molar-refractivity contribution in [2.24, 2.45) is 0 Å². The first-order chi connectivity index (χ1) is 15.7. The number of hydrogen-bond donors (Lipinski definition) is 2. The van der Waals surface area contributed by atoms with Gasteiger partial charge in [-0.1, -0.05) is 37.6 Å². The van der Waals surface area contributed by atoms with Crippen molar-refractivity contribution in [3.8, 4) is 6.07 Å². The van der Waals surface area contributed by atoms with E-state index >= 15 is 0 Å². The van der Waals surface area contributed by atoms with Gasteiger partial charge in [-0.2, -0.15) is 5.26 Å². The third-order valence-corrected chi connectivity index (χ3v) is 7.45. The van der Waals surface area contributed by atoms with Crippen LogP contribution in [0.15, 0.2) is 41.9 Å². The number of carbonyl (C=O) groups is 1. The van der Waals surface area contributed by atoms with Crippen molar-refractivity contribution in [1.82, 2.24) is 9.97 Å². The van der Waals surface area contributed by atoms with Gasteiger partial charge >= 0.3 is 5.97 Å². The number of carboxylic acid groups (broad SMARTS) is 1. The molecule has 1 aliphatic carbocycles. The topological polar surface area (TPSA) is 98.9 Å². The Kier molecular flexibility index (Phi) is 6.24. The second kappa shape index (κ2) is 8.97. The number of pyridine rings is 2. The summed E-state index contributed by atoms with van der Waals surface area (Å²) in [5, 5.41) is 25.3. The maximum atomic E-state index is 11.7. The predicted octanol–water partition coefficient (Wildman–Crippen LogP) is 5.59. The second-order valence-corrected chi connectivity index (χ2v) is 10.0. The number of hydrogen-bond acceptors (Lipinski definition) is 6. The molecule has 0 bridgehead atoms. The maximum Gasteiger partial charge on any atom is 0.305 e. The fourth-order valence-electron chi connectivity index (χ4n) is 4.09. The van der Waals surface area contributed by atoms with Crippen LogP contribution in [0.5, 0.6) is 0 Å². The number of nitriles is 1. The largest absolute Gasteiger partial charge is 0.481 e. The molecule has 4 rings (SSSR count). The highest BCUT2D eigenvalue weighted by Gasteiger charge is 2.35. The average Bonchev–Trinajstić information content (AvgIpc) is 3.44. The zero-order valence-electron chi connectivity index (χ0n) is 18.5. The minimum absolute atomic E-state index is 0.0770. The number of allylic oxidation sites excluding steroid dienone is 1. The van der Waals surface area contributed by atoms with Crippen LogP contribution in [0.2, 0.25) is 5.02 Å². The van der Waals surface area contributed by atoms with Gasteiger partial charge in [0.2, 0.25) is 0 Å². The van der Waals surface area contributed by atoms with E-state index in [-0.39, 0.29) is 6.42 Å². The molecule has 0 aromatic carbocycles. The normalized spacial score (nSPS) is 13.7. The molecule has 1 unspecified atom stereocenters. The Morgan fingerprint density at radius 3 is 2.88 bits per heavy atom. The van der Waals surface area contributed by atoms with Gasteiger partial charge in [0, 0.05) is 40.1 Å². The number of rotatable bonds is 7. The van der Waals surface area contributed by atoms with Gasteiger partial charge < -0.3 is 10.4 Å². The molecule has 0 aliphatic heterocycles. The first-order valence-electron chi connectivity index (χ1n) is 10.5. The maximum absolute atomic E-state index is 11.7. The lowest BCUT2D eigenvalue weighted by atomic mass is 9.81. The zero-order valence-corrected chi connectivity index (χ0v) is 20.1. The number of aromatic nitrogens is 2. The number of fused-ring (bicyclic) bond motifs is 1. The molecule has 2 N–H and O–H groups in total. The first-order valence-corrected chi connectivity index (χ1v) is 11.8. The molecule has 1 aliphatic rings. The summed E-state index contributed by atoms with van der Waals surface area (Å²) in [6.07, 6.45) is 4.17. The van der Waals surface area contributed by atoms with E-state index in [1.165, 1.54) is 0 Å². The molecule has 0 saturated carbocycles. The van der Waals surface area contributed by atoms with Gasteiger partial charge in [-0.25, -0.2) is 4.98 Å². The van der Waals surface area contributed by atoms with Crippen LogP contribution in [0.25, 0.3) is 5.57 Å². The highest BCUT2D eigenvalue weighted by molar-refractivity contribution is 7.10. The minimum Gasteiger partial charge on any atom is -0.481 e. The van der Waals surface area contributed by atoms with Crippen molar-refractivity contribution in [2.45, 2.75) is 45.1 Å². The minimum atomic E-state index is -0.892. The standard InChI is InChI=1S/C25H23ClN4O2S/c1-14-9-15(12-27)23(17-6-7-19-18(17)10-16(26)13-28-19)30-24(14)29-20(11-22(31)32)25(2,3)21-5-4-8-33-21/h4-6,8-10,13,20H,7,11H2,1-3H3,(H,29,30)(H,31,32). The summed E-state index contributed by atoms with van der Waals surface area (Å²) < 4.78 is 0. The van der Waals surface area contributed by atoms with Gasteiger partial charge in [0.05, 0.1) is 28.4 Å². The Hall–Kier alpha value is -3.21. The number of carboxylic acids is 1. The number of aliphatic carboxylic acids is 1. The number of aryl methyl sites for hydroxylation is 1. The van der Waals surface area contributed by atoms with Crippen molar-refractivity contribution in [3.63, 3.8) is 0 Å². The highest BCUT2D eigenvalue weighted by Crippen LogP contribution is 2.37.